The SMILES string of the molecule is CNc1cnc(C)c(C)c1N. The van der Waals surface area contributed by atoms with Gasteiger partial charge in [0.05, 0.1) is 17.6 Å². The standard InChI is InChI=1S/C8H13N3/c1-5-6(2)11-4-7(10-3)8(5)9/h4,10H,1-3H3,(H2,9,11). The molecule has 0 amide bonds. The Morgan fingerprint density at radius 3 is 2.64 bits per heavy atom. The van der Waals surface area contributed by atoms with Gasteiger partial charge in [-0.2, -0.15) is 0 Å². The zero-order chi connectivity index (χ0) is 8.43. The van der Waals surface area contributed by atoms with Gasteiger partial charge in [-0.15, -0.1) is 0 Å². The van der Waals surface area contributed by atoms with Crippen LogP contribution in [0.25, 0.3) is 0 Å². The minimum Gasteiger partial charge on any atom is -0.397 e. The third kappa shape index (κ3) is 1.27. The van der Waals surface area contributed by atoms with Gasteiger partial charge in [0.1, 0.15) is 0 Å². The van der Waals surface area contributed by atoms with Gasteiger partial charge in [0.25, 0.3) is 0 Å². The molecule has 3 N–H and O–H groups in total. The molecule has 0 aliphatic heterocycles. The van der Waals surface area contributed by atoms with Crippen LogP contribution in [-0.4, -0.2) is 12.0 Å². The number of nitrogens with zero attached hydrogens (tertiary/aromatic N) is 1. The third-order valence-electron chi connectivity index (χ3n) is 1.89. The van der Waals surface area contributed by atoms with Gasteiger partial charge in [0, 0.05) is 12.7 Å². The number of nitrogens with two attached hydrogens (primary N) is 1. The predicted molar refractivity (Wildman–Crippen MR) is 47.7 cm³/mol. The summed E-state index contributed by atoms with van der Waals surface area (Å²) in [6.45, 7) is 3.92. The highest BCUT2D eigenvalue weighted by Gasteiger charge is 2.02. The van der Waals surface area contributed by atoms with Crippen LogP contribution in [0.5, 0.6) is 0 Å². The van der Waals surface area contributed by atoms with Crippen LogP contribution in [0.1, 0.15) is 11.3 Å². The third-order valence-corrected chi connectivity index (χ3v) is 1.89. The summed E-state index contributed by atoms with van der Waals surface area (Å²) in [6, 6.07) is 0. The van der Waals surface area contributed by atoms with Crippen LogP contribution in [0.15, 0.2) is 6.20 Å². The van der Waals surface area contributed by atoms with Gasteiger partial charge in [-0.1, -0.05) is 0 Å². The molecule has 1 heterocycles. The van der Waals surface area contributed by atoms with E-state index in [-0.39, 0.29) is 0 Å². The molecule has 0 bridgehead atoms. The van der Waals surface area contributed by atoms with Crippen LogP contribution in [-0.2, 0) is 0 Å². The van der Waals surface area contributed by atoms with Gasteiger partial charge >= 0.3 is 0 Å². The monoisotopic (exact) mass is 151 g/mol. The second-order valence-corrected chi connectivity index (χ2v) is 2.55. The van der Waals surface area contributed by atoms with Crippen molar-refractivity contribution in [3.63, 3.8) is 0 Å². The van der Waals surface area contributed by atoms with Crippen molar-refractivity contribution in [1.82, 2.24) is 4.98 Å². The molecule has 0 atom stereocenters. The fourth-order valence-corrected chi connectivity index (χ4v) is 0.924. The Morgan fingerprint density at radius 1 is 1.45 bits per heavy atom. The number of nitrogen functional groups attached to an aromatic ring is 1. The largest absolute Gasteiger partial charge is 0.397 e. The van der Waals surface area contributed by atoms with Gasteiger partial charge in [0.2, 0.25) is 0 Å². The molecule has 1 rings (SSSR count). The summed E-state index contributed by atoms with van der Waals surface area (Å²) in [4.78, 5) is 4.17. The Hall–Kier alpha value is -1.25. The van der Waals surface area contributed by atoms with E-state index < -0.39 is 0 Å². The van der Waals surface area contributed by atoms with Crippen LogP contribution in [0.2, 0.25) is 0 Å². The molecule has 0 aromatic carbocycles. The van der Waals surface area contributed by atoms with E-state index in [1.165, 1.54) is 0 Å². The fraction of sp³-hybridized carbons (Fsp3) is 0.375. The van der Waals surface area contributed by atoms with Crippen molar-refractivity contribution >= 4 is 11.4 Å². The van der Waals surface area contributed by atoms with Crippen LogP contribution >= 0.6 is 0 Å². The molecule has 11 heavy (non-hydrogen) atoms. The zero-order valence-electron chi connectivity index (χ0n) is 7.10. The van der Waals surface area contributed by atoms with Gasteiger partial charge in [-0.3, -0.25) is 4.98 Å². The molecule has 0 aliphatic carbocycles. The first-order valence-corrected chi connectivity index (χ1v) is 3.56. The summed E-state index contributed by atoms with van der Waals surface area (Å²) in [5, 5.41) is 2.98. The van der Waals surface area contributed by atoms with E-state index >= 15 is 0 Å². The van der Waals surface area contributed by atoms with Crippen molar-refractivity contribution in [3.05, 3.63) is 17.5 Å². The quantitative estimate of drug-likeness (QED) is 0.636. The molecule has 3 nitrogen and oxygen atoms in total. The first-order valence-electron chi connectivity index (χ1n) is 3.56. The Labute approximate surface area is 66.6 Å². The van der Waals surface area contributed by atoms with Crippen molar-refractivity contribution in [1.29, 1.82) is 0 Å². The van der Waals surface area contributed by atoms with E-state index in [1.807, 2.05) is 20.9 Å². The van der Waals surface area contributed by atoms with Crippen LogP contribution in [0.3, 0.4) is 0 Å². The molecular formula is C8H13N3. The van der Waals surface area contributed by atoms with Gasteiger partial charge < -0.3 is 11.1 Å². The summed E-state index contributed by atoms with van der Waals surface area (Å²) < 4.78 is 0. The number of anilines is 2. The highest BCUT2D eigenvalue weighted by Crippen LogP contribution is 2.21. The second-order valence-electron chi connectivity index (χ2n) is 2.55. The molecule has 60 valence electrons. The fourth-order valence-electron chi connectivity index (χ4n) is 0.924. The topological polar surface area (TPSA) is 50.9 Å². The van der Waals surface area contributed by atoms with E-state index in [4.69, 9.17) is 5.73 Å². The maximum absolute atomic E-state index is 5.79. The smallest absolute Gasteiger partial charge is 0.0760 e. The molecule has 1 aromatic rings. The first-order chi connectivity index (χ1) is 5.16. The molecule has 1 aromatic heterocycles. The molecule has 0 saturated carbocycles. The Morgan fingerprint density at radius 2 is 2.09 bits per heavy atom. The lowest BCUT2D eigenvalue weighted by molar-refractivity contribution is 1.15. The lowest BCUT2D eigenvalue weighted by Gasteiger charge is -2.08. The summed E-state index contributed by atoms with van der Waals surface area (Å²) in [7, 11) is 1.84. The second kappa shape index (κ2) is 2.78. The van der Waals surface area contributed by atoms with Gasteiger partial charge in [-0.05, 0) is 19.4 Å². The number of pyridine rings is 1. The minimum absolute atomic E-state index is 0.792. The number of aryl methyl sites for hydroxylation is 1. The summed E-state index contributed by atoms with van der Waals surface area (Å²) in [5.74, 6) is 0. The van der Waals surface area contributed by atoms with E-state index in [0.29, 0.717) is 0 Å². The molecule has 3 heteroatoms. The number of rotatable bonds is 1. The van der Waals surface area contributed by atoms with Crippen molar-refractivity contribution in [2.24, 2.45) is 0 Å². The van der Waals surface area contributed by atoms with Crippen LogP contribution < -0.4 is 11.1 Å². The number of hydrogen-bond donors (Lipinski definition) is 2. The highest BCUT2D eigenvalue weighted by molar-refractivity contribution is 5.68. The Balaban J connectivity index is 3.25. The van der Waals surface area contributed by atoms with Gasteiger partial charge in [-0.25, -0.2) is 0 Å². The normalized spacial score (nSPS) is 9.73. The minimum atomic E-state index is 0.792. The first kappa shape index (κ1) is 7.85. The van der Waals surface area contributed by atoms with Crippen LogP contribution in [0, 0.1) is 13.8 Å². The van der Waals surface area contributed by atoms with Crippen molar-refractivity contribution in [3.8, 4) is 0 Å². The van der Waals surface area contributed by atoms with E-state index in [1.54, 1.807) is 6.20 Å². The van der Waals surface area contributed by atoms with Gasteiger partial charge in [0.15, 0.2) is 0 Å². The van der Waals surface area contributed by atoms with E-state index in [0.717, 1.165) is 22.6 Å². The number of hydrogen-bond acceptors (Lipinski definition) is 3. The lowest BCUT2D eigenvalue weighted by Crippen LogP contribution is -2.01. The summed E-state index contributed by atoms with van der Waals surface area (Å²) in [5.41, 5.74) is 9.52. The summed E-state index contributed by atoms with van der Waals surface area (Å²) >= 11 is 0. The molecule has 0 fully saturated rings. The molecule has 0 aliphatic rings. The maximum atomic E-state index is 5.79. The Bertz CT molecular complexity index is 268. The zero-order valence-corrected chi connectivity index (χ0v) is 7.10. The van der Waals surface area contributed by atoms with Crippen molar-refractivity contribution < 1.29 is 0 Å². The maximum Gasteiger partial charge on any atom is 0.0760 e. The molecule has 0 saturated heterocycles. The molecule has 0 unspecified atom stereocenters. The van der Waals surface area contributed by atoms with E-state index in [9.17, 15) is 0 Å². The summed E-state index contributed by atoms with van der Waals surface area (Å²) in [6.07, 6.45) is 1.75. The highest BCUT2D eigenvalue weighted by atomic mass is 14.9. The Kier molecular flexibility index (Phi) is 1.98. The van der Waals surface area contributed by atoms with E-state index in [2.05, 4.69) is 10.3 Å². The molecule has 0 spiro atoms. The predicted octanol–water partition coefficient (Wildman–Crippen LogP) is 1.32. The molecule has 0 radical (unpaired) electrons. The average molecular weight is 151 g/mol. The van der Waals surface area contributed by atoms with Crippen molar-refractivity contribution in [2.75, 3.05) is 18.1 Å². The number of nitrogens with one attached hydrogen (secondary N) is 1. The lowest BCUT2D eigenvalue weighted by atomic mass is 10.2. The average Bonchev–Trinajstić information content (AvgIpc) is 2.01. The number of aromatic nitrogens is 1. The van der Waals surface area contributed by atoms with Crippen LogP contribution in [0.4, 0.5) is 11.4 Å². The molecular weight excluding hydrogens is 138 g/mol. The van der Waals surface area contributed by atoms with Crippen molar-refractivity contribution in [2.45, 2.75) is 13.8 Å².